The third-order valence-electron chi connectivity index (χ3n) is 4.03. The molecule has 0 saturated carbocycles. The molecule has 0 bridgehead atoms. The minimum atomic E-state index is -3.48. The van der Waals surface area contributed by atoms with Crippen LogP contribution in [0.3, 0.4) is 0 Å². The van der Waals surface area contributed by atoms with Gasteiger partial charge in [-0.3, -0.25) is 20.4 Å². The summed E-state index contributed by atoms with van der Waals surface area (Å²) in [5.74, 6) is -0.831. The van der Waals surface area contributed by atoms with Gasteiger partial charge >= 0.3 is 0 Å². The molecule has 9 nitrogen and oxygen atoms in total. The molecule has 0 radical (unpaired) electrons. The third kappa shape index (κ3) is 3.92. The number of amides is 2. The van der Waals surface area contributed by atoms with Gasteiger partial charge in [0.25, 0.3) is 11.8 Å². The Morgan fingerprint density at radius 2 is 1.96 bits per heavy atom. The van der Waals surface area contributed by atoms with Crippen molar-refractivity contribution >= 4 is 21.8 Å². The number of hydrazine groups is 1. The maximum absolute atomic E-state index is 12.2. The van der Waals surface area contributed by atoms with Gasteiger partial charge in [-0.25, -0.2) is 8.42 Å². The second kappa shape index (κ2) is 7.26. The van der Waals surface area contributed by atoms with Gasteiger partial charge in [-0.1, -0.05) is 35.5 Å². The largest absolute Gasteiger partial charge is 0.355 e. The van der Waals surface area contributed by atoms with Crippen molar-refractivity contribution in [3.63, 3.8) is 0 Å². The van der Waals surface area contributed by atoms with E-state index in [4.69, 9.17) is 4.52 Å². The van der Waals surface area contributed by atoms with Crippen LogP contribution in [0.5, 0.6) is 0 Å². The molecule has 1 aliphatic rings. The van der Waals surface area contributed by atoms with Gasteiger partial charge in [0.2, 0.25) is 10.0 Å². The second-order valence-electron chi connectivity index (χ2n) is 5.92. The SMILES string of the molecule is CS(=O)(=O)N1CCC[C@@H]1C(=O)NNC(=O)c1cc(-c2ccccc2)on1. The van der Waals surface area contributed by atoms with Crippen molar-refractivity contribution in [3.8, 4) is 11.3 Å². The highest BCUT2D eigenvalue weighted by Crippen LogP contribution is 2.21. The van der Waals surface area contributed by atoms with Crippen molar-refractivity contribution in [2.75, 3.05) is 12.8 Å². The molecule has 1 atom stereocenters. The highest BCUT2D eigenvalue weighted by Gasteiger charge is 2.36. The van der Waals surface area contributed by atoms with Crippen LogP contribution in [0.15, 0.2) is 40.9 Å². The summed E-state index contributed by atoms with van der Waals surface area (Å²) < 4.78 is 29.6. The fourth-order valence-electron chi connectivity index (χ4n) is 2.79. The van der Waals surface area contributed by atoms with E-state index < -0.39 is 27.9 Å². The molecule has 2 heterocycles. The molecule has 1 fully saturated rings. The molecule has 2 N–H and O–H groups in total. The summed E-state index contributed by atoms with van der Waals surface area (Å²) in [4.78, 5) is 24.3. The normalized spacial score (nSPS) is 17.8. The Balaban J connectivity index is 1.61. The molecule has 0 aliphatic carbocycles. The highest BCUT2D eigenvalue weighted by atomic mass is 32.2. The lowest BCUT2D eigenvalue weighted by Gasteiger charge is -2.21. The lowest BCUT2D eigenvalue weighted by atomic mass is 10.1. The summed E-state index contributed by atoms with van der Waals surface area (Å²) in [6, 6.07) is 9.75. The number of benzene rings is 1. The van der Waals surface area contributed by atoms with Crippen LogP contribution < -0.4 is 10.9 Å². The monoisotopic (exact) mass is 378 g/mol. The van der Waals surface area contributed by atoms with Crippen LogP contribution in [0.25, 0.3) is 11.3 Å². The molecule has 1 aromatic heterocycles. The highest BCUT2D eigenvalue weighted by molar-refractivity contribution is 7.88. The Kier molecular flexibility index (Phi) is 5.05. The molecule has 2 aromatic rings. The van der Waals surface area contributed by atoms with Crippen LogP contribution in [0.2, 0.25) is 0 Å². The summed E-state index contributed by atoms with van der Waals surface area (Å²) in [6.07, 6.45) is 2.04. The number of sulfonamides is 1. The van der Waals surface area contributed by atoms with E-state index in [0.29, 0.717) is 18.6 Å². The first-order valence-electron chi connectivity index (χ1n) is 7.95. The number of aromatic nitrogens is 1. The number of nitrogens with one attached hydrogen (secondary N) is 2. The maximum atomic E-state index is 12.2. The topological polar surface area (TPSA) is 122 Å². The van der Waals surface area contributed by atoms with Crippen molar-refractivity contribution < 1.29 is 22.5 Å². The molecule has 0 unspecified atom stereocenters. The van der Waals surface area contributed by atoms with E-state index in [-0.39, 0.29) is 12.2 Å². The Morgan fingerprint density at radius 1 is 1.23 bits per heavy atom. The molecular weight excluding hydrogens is 360 g/mol. The Morgan fingerprint density at radius 3 is 2.65 bits per heavy atom. The predicted molar refractivity (Wildman–Crippen MR) is 92.1 cm³/mol. The van der Waals surface area contributed by atoms with Gasteiger partial charge in [0.05, 0.1) is 6.26 Å². The minimum absolute atomic E-state index is 0.00413. The molecule has 0 spiro atoms. The third-order valence-corrected chi connectivity index (χ3v) is 5.32. The number of hydrogen-bond donors (Lipinski definition) is 2. The second-order valence-corrected chi connectivity index (χ2v) is 7.85. The fraction of sp³-hybridized carbons (Fsp3) is 0.312. The molecular formula is C16H18N4O5S. The first-order chi connectivity index (χ1) is 12.4. The van der Waals surface area contributed by atoms with Crippen molar-refractivity contribution in [1.29, 1.82) is 0 Å². The van der Waals surface area contributed by atoms with E-state index in [1.54, 1.807) is 0 Å². The van der Waals surface area contributed by atoms with Crippen molar-refractivity contribution in [1.82, 2.24) is 20.3 Å². The van der Waals surface area contributed by atoms with Gasteiger partial charge in [0, 0.05) is 18.2 Å². The average Bonchev–Trinajstić information content (AvgIpc) is 3.29. The van der Waals surface area contributed by atoms with E-state index in [1.807, 2.05) is 30.3 Å². The zero-order chi connectivity index (χ0) is 18.7. The van der Waals surface area contributed by atoms with Crippen LogP contribution in [0.4, 0.5) is 0 Å². The summed E-state index contributed by atoms with van der Waals surface area (Å²) in [5, 5.41) is 3.68. The van der Waals surface area contributed by atoms with Crippen molar-refractivity contribution in [2.24, 2.45) is 0 Å². The first kappa shape index (κ1) is 18.1. The summed E-state index contributed by atoms with van der Waals surface area (Å²) in [5.41, 5.74) is 5.24. The molecule has 2 amide bonds. The van der Waals surface area contributed by atoms with Gasteiger partial charge in [0.15, 0.2) is 11.5 Å². The van der Waals surface area contributed by atoms with E-state index >= 15 is 0 Å². The molecule has 3 rings (SSSR count). The van der Waals surface area contributed by atoms with Crippen LogP contribution in [0, 0.1) is 0 Å². The number of nitrogens with zero attached hydrogens (tertiary/aromatic N) is 2. The quantitative estimate of drug-likeness (QED) is 0.749. The zero-order valence-corrected chi connectivity index (χ0v) is 14.8. The van der Waals surface area contributed by atoms with Crippen molar-refractivity contribution in [2.45, 2.75) is 18.9 Å². The van der Waals surface area contributed by atoms with E-state index in [0.717, 1.165) is 16.1 Å². The van der Waals surface area contributed by atoms with Crippen LogP contribution in [-0.2, 0) is 14.8 Å². The maximum Gasteiger partial charge on any atom is 0.291 e. The van der Waals surface area contributed by atoms with Crippen LogP contribution >= 0.6 is 0 Å². The number of carbonyl (C=O) groups is 2. The lowest BCUT2D eigenvalue weighted by Crippen LogP contribution is -2.51. The van der Waals surface area contributed by atoms with Gasteiger partial charge in [0.1, 0.15) is 6.04 Å². The molecule has 1 saturated heterocycles. The molecule has 10 heteroatoms. The van der Waals surface area contributed by atoms with E-state index in [9.17, 15) is 18.0 Å². The average molecular weight is 378 g/mol. The molecule has 1 aliphatic heterocycles. The smallest absolute Gasteiger partial charge is 0.291 e. The Bertz CT molecular complexity index is 910. The Hall–Kier alpha value is -2.72. The van der Waals surface area contributed by atoms with Gasteiger partial charge in [-0.2, -0.15) is 4.31 Å². The first-order valence-corrected chi connectivity index (χ1v) is 9.80. The summed E-state index contributed by atoms with van der Waals surface area (Å²) >= 11 is 0. The Labute approximate surface area is 150 Å². The fourth-order valence-corrected chi connectivity index (χ4v) is 3.91. The van der Waals surface area contributed by atoms with Crippen LogP contribution in [-0.4, -0.2) is 48.5 Å². The number of hydrogen-bond acceptors (Lipinski definition) is 6. The van der Waals surface area contributed by atoms with Gasteiger partial charge in [-0.15, -0.1) is 0 Å². The van der Waals surface area contributed by atoms with Crippen molar-refractivity contribution in [3.05, 3.63) is 42.1 Å². The zero-order valence-electron chi connectivity index (χ0n) is 14.0. The molecule has 1 aromatic carbocycles. The number of carbonyl (C=O) groups excluding carboxylic acids is 2. The van der Waals surface area contributed by atoms with E-state index in [1.165, 1.54) is 6.07 Å². The van der Waals surface area contributed by atoms with E-state index in [2.05, 4.69) is 16.0 Å². The molecule has 26 heavy (non-hydrogen) atoms. The summed E-state index contributed by atoms with van der Waals surface area (Å²) in [6.45, 7) is 0.286. The predicted octanol–water partition coefficient (Wildman–Crippen LogP) is 0.527. The number of rotatable bonds is 4. The van der Waals surface area contributed by atoms with Crippen LogP contribution in [0.1, 0.15) is 23.3 Å². The standard InChI is InChI=1S/C16H18N4O5S/c1-26(23,24)20-9-5-8-13(20)16(22)18-17-15(21)12-10-14(25-19-12)11-6-3-2-4-7-11/h2-4,6-7,10,13H,5,8-9H2,1H3,(H,17,21)(H,18,22)/t13-/m1/s1. The van der Waals surface area contributed by atoms with Gasteiger partial charge in [-0.05, 0) is 12.8 Å². The lowest BCUT2D eigenvalue weighted by molar-refractivity contribution is -0.124. The van der Waals surface area contributed by atoms with Gasteiger partial charge < -0.3 is 4.52 Å². The molecule has 138 valence electrons. The summed E-state index contributed by atoms with van der Waals surface area (Å²) in [7, 11) is -3.48. The minimum Gasteiger partial charge on any atom is -0.355 e.